The minimum Gasteiger partial charge on any atom is -0.497 e. The van der Waals surface area contributed by atoms with Crippen LogP contribution in [0.25, 0.3) is 6.08 Å². The van der Waals surface area contributed by atoms with Crippen molar-refractivity contribution in [3.63, 3.8) is 0 Å². The molecule has 4 heteroatoms. The average Bonchev–Trinajstić information content (AvgIpc) is 2.70. The van der Waals surface area contributed by atoms with E-state index in [1.807, 2.05) is 45.2 Å². The van der Waals surface area contributed by atoms with Crippen molar-refractivity contribution in [1.29, 1.82) is 0 Å². The first-order valence-corrected chi connectivity index (χ1v) is 6.39. The van der Waals surface area contributed by atoms with Gasteiger partial charge in [-0.05, 0) is 37.6 Å². The number of carbonyl (C=O) groups is 1. The number of carbonyl (C=O) groups excluding carboxylic acids is 1. The summed E-state index contributed by atoms with van der Waals surface area (Å²) in [6, 6.07) is 7.55. The lowest BCUT2D eigenvalue weighted by Gasteiger charge is -1.99. The second-order valence-corrected chi connectivity index (χ2v) is 4.64. The third kappa shape index (κ3) is 2.79. The molecular weight excluding hydrogens is 252 g/mol. The standard InChI is InChI=1S/C16H18N2O2/c1-11-16(12(2)18(3)17-11)15(19)10-7-13-5-8-14(20-4)9-6-13/h5-10H,1-4H3/b10-7+. The van der Waals surface area contributed by atoms with Crippen LogP contribution in [0.3, 0.4) is 0 Å². The van der Waals surface area contributed by atoms with Gasteiger partial charge in [0.1, 0.15) is 5.75 Å². The summed E-state index contributed by atoms with van der Waals surface area (Å²) in [5.41, 5.74) is 3.27. The van der Waals surface area contributed by atoms with Crippen LogP contribution in [-0.2, 0) is 7.05 Å². The van der Waals surface area contributed by atoms with Gasteiger partial charge in [0.25, 0.3) is 0 Å². The van der Waals surface area contributed by atoms with Gasteiger partial charge in [-0.3, -0.25) is 9.48 Å². The summed E-state index contributed by atoms with van der Waals surface area (Å²) in [5, 5.41) is 4.25. The van der Waals surface area contributed by atoms with E-state index in [-0.39, 0.29) is 5.78 Å². The third-order valence-electron chi connectivity index (χ3n) is 3.30. The van der Waals surface area contributed by atoms with Gasteiger partial charge in [-0.15, -0.1) is 0 Å². The molecule has 0 aliphatic rings. The van der Waals surface area contributed by atoms with Crippen LogP contribution in [0.2, 0.25) is 0 Å². The second kappa shape index (κ2) is 5.74. The Labute approximate surface area is 118 Å². The summed E-state index contributed by atoms with van der Waals surface area (Å²) < 4.78 is 6.82. The van der Waals surface area contributed by atoms with Gasteiger partial charge in [0.15, 0.2) is 5.78 Å². The van der Waals surface area contributed by atoms with Crippen molar-refractivity contribution in [2.24, 2.45) is 7.05 Å². The molecule has 20 heavy (non-hydrogen) atoms. The van der Waals surface area contributed by atoms with Gasteiger partial charge >= 0.3 is 0 Å². The summed E-state index contributed by atoms with van der Waals surface area (Å²) in [5.74, 6) is 0.774. The molecule has 2 rings (SSSR count). The lowest BCUT2D eigenvalue weighted by molar-refractivity contribution is 0.104. The Bertz CT molecular complexity index is 652. The first-order chi connectivity index (χ1) is 9.52. The maximum Gasteiger partial charge on any atom is 0.189 e. The first kappa shape index (κ1) is 14.1. The molecule has 1 aromatic carbocycles. The van der Waals surface area contributed by atoms with Gasteiger partial charge < -0.3 is 4.74 Å². The van der Waals surface area contributed by atoms with Crippen molar-refractivity contribution in [2.75, 3.05) is 7.11 Å². The number of hydrogen-bond acceptors (Lipinski definition) is 3. The highest BCUT2D eigenvalue weighted by molar-refractivity contribution is 6.08. The predicted molar refractivity (Wildman–Crippen MR) is 79.0 cm³/mol. The number of methoxy groups -OCH3 is 1. The highest BCUT2D eigenvalue weighted by atomic mass is 16.5. The maximum absolute atomic E-state index is 12.2. The van der Waals surface area contributed by atoms with Gasteiger partial charge in [0.2, 0.25) is 0 Å². The van der Waals surface area contributed by atoms with Crippen LogP contribution in [0.5, 0.6) is 5.75 Å². The molecule has 0 saturated heterocycles. The minimum absolute atomic E-state index is 0.0241. The Balaban J connectivity index is 2.20. The number of hydrogen-bond donors (Lipinski definition) is 0. The van der Waals surface area contributed by atoms with E-state index < -0.39 is 0 Å². The molecule has 104 valence electrons. The van der Waals surface area contributed by atoms with Crippen LogP contribution in [-0.4, -0.2) is 22.7 Å². The molecule has 0 aliphatic carbocycles. The Morgan fingerprint density at radius 2 is 1.90 bits per heavy atom. The smallest absolute Gasteiger partial charge is 0.189 e. The fourth-order valence-electron chi connectivity index (χ4n) is 2.10. The average molecular weight is 270 g/mol. The number of aryl methyl sites for hydroxylation is 2. The van der Waals surface area contributed by atoms with Crippen LogP contribution < -0.4 is 4.74 Å². The van der Waals surface area contributed by atoms with Crippen molar-refractivity contribution < 1.29 is 9.53 Å². The van der Waals surface area contributed by atoms with E-state index in [0.29, 0.717) is 5.56 Å². The van der Waals surface area contributed by atoms with E-state index in [4.69, 9.17) is 4.74 Å². The highest BCUT2D eigenvalue weighted by Crippen LogP contribution is 2.15. The van der Waals surface area contributed by atoms with Crippen LogP contribution in [0.4, 0.5) is 0 Å². The summed E-state index contributed by atoms with van der Waals surface area (Å²) in [6.45, 7) is 3.75. The number of ketones is 1. The molecule has 0 spiro atoms. The number of nitrogens with zero attached hydrogens (tertiary/aromatic N) is 2. The molecule has 0 aliphatic heterocycles. The fraction of sp³-hybridized carbons (Fsp3) is 0.250. The van der Waals surface area contributed by atoms with E-state index in [9.17, 15) is 4.79 Å². The highest BCUT2D eigenvalue weighted by Gasteiger charge is 2.14. The van der Waals surface area contributed by atoms with E-state index in [2.05, 4.69) is 5.10 Å². The molecule has 1 heterocycles. The van der Waals surface area contributed by atoms with E-state index in [1.165, 1.54) is 0 Å². The predicted octanol–water partition coefficient (Wildman–Crippen LogP) is 2.94. The summed E-state index contributed by atoms with van der Waals surface area (Å²) in [6.07, 6.45) is 3.38. The zero-order valence-corrected chi connectivity index (χ0v) is 12.2. The van der Waals surface area contributed by atoms with Gasteiger partial charge in [0.05, 0.1) is 18.4 Å². The summed E-state index contributed by atoms with van der Waals surface area (Å²) in [7, 11) is 3.47. The fourth-order valence-corrected chi connectivity index (χ4v) is 2.10. The topological polar surface area (TPSA) is 44.1 Å². The quantitative estimate of drug-likeness (QED) is 0.633. The Morgan fingerprint density at radius 1 is 1.25 bits per heavy atom. The Kier molecular flexibility index (Phi) is 4.03. The molecule has 0 unspecified atom stereocenters. The first-order valence-electron chi connectivity index (χ1n) is 6.39. The van der Waals surface area contributed by atoms with Crippen LogP contribution in [0, 0.1) is 13.8 Å². The normalized spacial score (nSPS) is 11.0. The van der Waals surface area contributed by atoms with Crippen LogP contribution >= 0.6 is 0 Å². The molecule has 0 N–H and O–H groups in total. The van der Waals surface area contributed by atoms with Gasteiger partial charge in [0, 0.05) is 12.7 Å². The zero-order chi connectivity index (χ0) is 14.7. The molecule has 1 aromatic heterocycles. The lowest BCUT2D eigenvalue weighted by Crippen LogP contribution is -1.99. The molecule has 0 bridgehead atoms. The number of aromatic nitrogens is 2. The van der Waals surface area contributed by atoms with Crippen molar-refractivity contribution in [3.05, 3.63) is 52.9 Å². The third-order valence-corrected chi connectivity index (χ3v) is 3.30. The molecule has 0 amide bonds. The molecule has 4 nitrogen and oxygen atoms in total. The Morgan fingerprint density at radius 3 is 2.40 bits per heavy atom. The van der Waals surface area contributed by atoms with E-state index in [0.717, 1.165) is 22.7 Å². The van der Waals surface area contributed by atoms with Crippen LogP contribution in [0.15, 0.2) is 30.3 Å². The van der Waals surface area contributed by atoms with Crippen molar-refractivity contribution in [2.45, 2.75) is 13.8 Å². The maximum atomic E-state index is 12.2. The second-order valence-electron chi connectivity index (χ2n) is 4.64. The number of ether oxygens (including phenoxy) is 1. The summed E-state index contributed by atoms with van der Waals surface area (Å²) >= 11 is 0. The van der Waals surface area contributed by atoms with Gasteiger partial charge in [-0.1, -0.05) is 18.2 Å². The molecule has 0 saturated carbocycles. The van der Waals surface area contributed by atoms with Crippen molar-refractivity contribution in [1.82, 2.24) is 9.78 Å². The zero-order valence-electron chi connectivity index (χ0n) is 12.2. The van der Waals surface area contributed by atoms with Gasteiger partial charge in [-0.2, -0.15) is 5.10 Å². The van der Waals surface area contributed by atoms with Gasteiger partial charge in [-0.25, -0.2) is 0 Å². The van der Waals surface area contributed by atoms with Crippen molar-refractivity contribution >= 4 is 11.9 Å². The number of benzene rings is 1. The SMILES string of the molecule is COc1ccc(/C=C/C(=O)c2c(C)nn(C)c2C)cc1. The summed E-state index contributed by atoms with van der Waals surface area (Å²) in [4.78, 5) is 12.2. The Hall–Kier alpha value is -2.36. The molecule has 2 aromatic rings. The number of rotatable bonds is 4. The monoisotopic (exact) mass is 270 g/mol. The molecular formula is C16H18N2O2. The number of allylic oxidation sites excluding steroid dienone is 1. The molecule has 0 fully saturated rings. The molecule has 0 radical (unpaired) electrons. The molecule has 0 atom stereocenters. The largest absolute Gasteiger partial charge is 0.497 e. The minimum atomic E-state index is -0.0241. The van der Waals surface area contributed by atoms with Crippen LogP contribution in [0.1, 0.15) is 27.3 Å². The van der Waals surface area contributed by atoms with E-state index in [1.54, 1.807) is 23.9 Å². The lowest BCUT2D eigenvalue weighted by atomic mass is 10.1. The van der Waals surface area contributed by atoms with Crippen molar-refractivity contribution in [3.8, 4) is 5.75 Å². The van der Waals surface area contributed by atoms with E-state index >= 15 is 0 Å².